The van der Waals surface area contributed by atoms with E-state index < -0.39 is 5.97 Å². The van der Waals surface area contributed by atoms with Gasteiger partial charge in [-0.05, 0) is 32.3 Å². The lowest BCUT2D eigenvalue weighted by molar-refractivity contribution is -0.138. The number of hydrogen-bond donors (Lipinski definition) is 0. The molecule has 0 radical (unpaired) electrons. The molecular formula is C23H39N3O5. The summed E-state index contributed by atoms with van der Waals surface area (Å²) in [5, 5.41) is 4.58. The van der Waals surface area contributed by atoms with Crippen molar-refractivity contribution in [3.8, 4) is 0 Å². The van der Waals surface area contributed by atoms with Gasteiger partial charge in [0.15, 0.2) is 5.69 Å². The van der Waals surface area contributed by atoms with Crippen molar-refractivity contribution in [3.05, 3.63) is 17.5 Å². The van der Waals surface area contributed by atoms with Gasteiger partial charge in [-0.2, -0.15) is 5.10 Å². The normalized spacial score (nSPS) is 15.3. The summed E-state index contributed by atoms with van der Waals surface area (Å²) in [5.74, 6) is -0.383. The number of aromatic nitrogens is 2. The Labute approximate surface area is 186 Å². The van der Waals surface area contributed by atoms with Gasteiger partial charge in [-0.25, -0.2) is 4.79 Å². The highest BCUT2D eigenvalue weighted by Gasteiger charge is 2.30. The maximum Gasteiger partial charge on any atom is 0.358 e. The molecule has 0 aromatic carbocycles. The second-order valence-electron chi connectivity index (χ2n) is 8.96. The van der Waals surface area contributed by atoms with Gasteiger partial charge in [-0.15, -0.1) is 0 Å². The number of hydrogen-bond acceptors (Lipinski definition) is 6. The van der Waals surface area contributed by atoms with Crippen LogP contribution in [0.4, 0.5) is 0 Å². The lowest BCUT2D eigenvalue weighted by Crippen LogP contribution is -2.41. The average Bonchev–Trinajstić information content (AvgIpc) is 3.19. The quantitative estimate of drug-likeness (QED) is 0.390. The summed E-state index contributed by atoms with van der Waals surface area (Å²) in [6.45, 7) is 13.6. The molecule has 1 aromatic heterocycles. The van der Waals surface area contributed by atoms with Gasteiger partial charge < -0.3 is 19.1 Å². The maximum atomic E-state index is 12.4. The van der Waals surface area contributed by atoms with Gasteiger partial charge in [0, 0.05) is 30.8 Å². The van der Waals surface area contributed by atoms with Crippen LogP contribution in [-0.4, -0.2) is 72.7 Å². The Bertz CT molecular complexity index is 703. The second kappa shape index (κ2) is 12.2. The molecule has 8 heteroatoms. The molecule has 176 valence electrons. The zero-order chi connectivity index (χ0) is 22.9. The molecule has 2 heterocycles. The third-order valence-corrected chi connectivity index (χ3v) is 5.39. The number of nitrogens with zero attached hydrogens (tertiary/aromatic N) is 3. The van der Waals surface area contributed by atoms with Crippen molar-refractivity contribution in [2.45, 2.75) is 71.8 Å². The minimum atomic E-state index is -0.393. The Morgan fingerprint density at radius 2 is 1.77 bits per heavy atom. The molecule has 1 saturated heterocycles. The first-order valence-electron chi connectivity index (χ1n) is 11.5. The molecule has 1 aromatic rings. The van der Waals surface area contributed by atoms with Crippen molar-refractivity contribution in [2.24, 2.45) is 0 Å². The van der Waals surface area contributed by atoms with Gasteiger partial charge in [0.25, 0.3) is 0 Å². The Balaban J connectivity index is 1.87. The van der Waals surface area contributed by atoms with Crippen molar-refractivity contribution in [1.29, 1.82) is 0 Å². The van der Waals surface area contributed by atoms with Crippen molar-refractivity contribution in [1.82, 2.24) is 14.7 Å². The first kappa shape index (κ1) is 25.3. The molecule has 1 aliphatic heterocycles. The first-order chi connectivity index (χ1) is 14.8. The van der Waals surface area contributed by atoms with E-state index in [0.29, 0.717) is 38.6 Å². The molecule has 1 fully saturated rings. The highest BCUT2D eigenvalue weighted by atomic mass is 16.5. The third-order valence-electron chi connectivity index (χ3n) is 5.39. The summed E-state index contributed by atoms with van der Waals surface area (Å²) >= 11 is 0. The van der Waals surface area contributed by atoms with E-state index >= 15 is 0 Å². The predicted octanol–water partition coefficient (Wildman–Crippen LogP) is 3.35. The number of unbranched alkanes of at least 4 members (excludes halogenated alkanes) is 1. The van der Waals surface area contributed by atoms with Gasteiger partial charge in [0.05, 0.1) is 25.9 Å². The van der Waals surface area contributed by atoms with Crippen LogP contribution in [0.2, 0.25) is 0 Å². The van der Waals surface area contributed by atoms with Gasteiger partial charge in [-0.3, -0.25) is 9.48 Å². The SMILES string of the molecule is CCCCOCCOCC(=O)N1CCC(n2nc(C(=O)OCC)cc2C(C)(C)C)CC1. The fraction of sp³-hybridized carbons (Fsp3) is 0.783. The summed E-state index contributed by atoms with van der Waals surface area (Å²) in [4.78, 5) is 26.5. The second-order valence-corrected chi connectivity index (χ2v) is 8.96. The highest BCUT2D eigenvalue weighted by Crippen LogP contribution is 2.30. The number of amides is 1. The van der Waals surface area contributed by atoms with Crippen LogP contribution in [0.15, 0.2) is 6.07 Å². The smallest absolute Gasteiger partial charge is 0.358 e. The van der Waals surface area contributed by atoms with Gasteiger partial charge in [-0.1, -0.05) is 34.1 Å². The van der Waals surface area contributed by atoms with E-state index in [4.69, 9.17) is 14.2 Å². The van der Waals surface area contributed by atoms with Crippen LogP contribution in [0.3, 0.4) is 0 Å². The zero-order valence-corrected chi connectivity index (χ0v) is 19.8. The number of likely N-dealkylation sites (tertiary alicyclic amines) is 1. The van der Waals surface area contributed by atoms with Gasteiger partial charge in [0.2, 0.25) is 5.91 Å². The van der Waals surface area contributed by atoms with E-state index in [-0.39, 0.29) is 24.0 Å². The van der Waals surface area contributed by atoms with Gasteiger partial charge >= 0.3 is 5.97 Å². The molecule has 0 bridgehead atoms. The van der Waals surface area contributed by atoms with Crippen molar-refractivity contribution in [2.75, 3.05) is 46.1 Å². The number of esters is 1. The molecule has 0 aliphatic carbocycles. The van der Waals surface area contributed by atoms with Crippen molar-refractivity contribution in [3.63, 3.8) is 0 Å². The Hall–Kier alpha value is -1.93. The van der Waals surface area contributed by atoms with Gasteiger partial charge in [0.1, 0.15) is 6.61 Å². The fourth-order valence-corrected chi connectivity index (χ4v) is 3.61. The number of carbonyl (C=O) groups is 2. The monoisotopic (exact) mass is 437 g/mol. The van der Waals surface area contributed by atoms with Crippen LogP contribution in [0.25, 0.3) is 0 Å². The first-order valence-corrected chi connectivity index (χ1v) is 11.5. The molecule has 0 N–H and O–H groups in total. The molecule has 2 rings (SSSR count). The summed E-state index contributed by atoms with van der Waals surface area (Å²) < 4.78 is 18.0. The molecule has 8 nitrogen and oxygen atoms in total. The maximum absolute atomic E-state index is 12.4. The number of ether oxygens (including phenoxy) is 3. The number of rotatable bonds is 11. The lowest BCUT2D eigenvalue weighted by Gasteiger charge is -2.34. The minimum Gasteiger partial charge on any atom is -0.461 e. The summed E-state index contributed by atoms with van der Waals surface area (Å²) in [6.07, 6.45) is 3.73. The molecule has 0 unspecified atom stereocenters. The summed E-state index contributed by atoms with van der Waals surface area (Å²) in [5.41, 5.74) is 1.20. The number of carbonyl (C=O) groups excluding carboxylic acids is 2. The van der Waals surface area contributed by atoms with Crippen LogP contribution in [0, 0.1) is 0 Å². The van der Waals surface area contributed by atoms with E-state index in [1.54, 1.807) is 6.92 Å². The van der Waals surface area contributed by atoms with Crippen LogP contribution in [0.1, 0.15) is 82.5 Å². The Kier molecular flexibility index (Phi) is 9.96. The van der Waals surface area contributed by atoms with E-state index in [1.807, 2.05) is 15.6 Å². The Morgan fingerprint density at radius 1 is 1.10 bits per heavy atom. The average molecular weight is 438 g/mol. The van der Waals surface area contributed by atoms with Crippen LogP contribution >= 0.6 is 0 Å². The van der Waals surface area contributed by atoms with Crippen LogP contribution < -0.4 is 0 Å². The molecule has 1 aliphatic rings. The van der Waals surface area contributed by atoms with Crippen molar-refractivity contribution >= 4 is 11.9 Å². The lowest BCUT2D eigenvalue weighted by atomic mass is 9.91. The number of piperidine rings is 1. The largest absolute Gasteiger partial charge is 0.461 e. The highest BCUT2D eigenvalue weighted by molar-refractivity contribution is 5.87. The Morgan fingerprint density at radius 3 is 2.39 bits per heavy atom. The van der Waals surface area contributed by atoms with E-state index in [1.165, 1.54) is 0 Å². The topological polar surface area (TPSA) is 82.9 Å². The molecule has 0 atom stereocenters. The van der Waals surface area contributed by atoms with E-state index in [0.717, 1.165) is 38.0 Å². The van der Waals surface area contributed by atoms with E-state index in [9.17, 15) is 9.59 Å². The predicted molar refractivity (Wildman–Crippen MR) is 118 cm³/mol. The molecule has 31 heavy (non-hydrogen) atoms. The zero-order valence-electron chi connectivity index (χ0n) is 19.8. The molecule has 1 amide bonds. The van der Waals surface area contributed by atoms with Crippen molar-refractivity contribution < 1.29 is 23.8 Å². The fourth-order valence-electron chi connectivity index (χ4n) is 3.61. The summed E-state index contributed by atoms with van der Waals surface area (Å²) in [6, 6.07) is 1.99. The van der Waals surface area contributed by atoms with Crippen LogP contribution in [-0.2, 0) is 24.4 Å². The summed E-state index contributed by atoms with van der Waals surface area (Å²) in [7, 11) is 0. The molecule has 0 spiro atoms. The van der Waals surface area contributed by atoms with E-state index in [2.05, 4.69) is 32.8 Å². The minimum absolute atomic E-state index is 0.00994. The standard InChI is InChI=1S/C23H39N3O5/c1-6-8-13-29-14-15-30-17-21(27)25-11-9-18(10-12-25)26-20(23(3,4)5)16-19(24-26)22(28)31-7-2/h16,18H,6-15,17H2,1-5H3. The molecule has 0 saturated carbocycles. The third kappa shape index (κ3) is 7.61. The van der Waals surface area contributed by atoms with Crippen LogP contribution in [0.5, 0.6) is 0 Å². The molecular weight excluding hydrogens is 398 g/mol.